The molecule has 1 aliphatic heterocycles. The molecule has 1 saturated heterocycles. The van der Waals surface area contributed by atoms with Gasteiger partial charge in [-0.3, -0.25) is 9.69 Å². The minimum Gasteiger partial charge on any atom is -0.353 e. The number of rotatable bonds is 4. The first kappa shape index (κ1) is 21.3. The molecule has 0 saturated carbocycles. The number of hydrogen-bond donors (Lipinski definition) is 1. The molecular weight excluding hydrogens is 419 g/mol. The summed E-state index contributed by atoms with van der Waals surface area (Å²) in [5.41, 5.74) is -1.04. The molecule has 0 spiro atoms. The molecule has 0 aliphatic carbocycles. The van der Waals surface area contributed by atoms with E-state index in [1.165, 1.54) is 0 Å². The Balaban J connectivity index is 1.54. The number of pyridine rings is 1. The van der Waals surface area contributed by atoms with Gasteiger partial charge in [0.05, 0.1) is 22.8 Å². The van der Waals surface area contributed by atoms with E-state index < -0.39 is 29.3 Å². The summed E-state index contributed by atoms with van der Waals surface area (Å²) in [6.45, 7) is 1.64. The van der Waals surface area contributed by atoms with Crippen molar-refractivity contribution >= 4 is 29.0 Å². The zero-order valence-electron chi connectivity index (χ0n) is 14.9. The number of amides is 1. The molecule has 1 aromatic heterocycles. The van der Waals surface area contributed by atoms with Crippen LogP contribution in [0.15, 0.2) is 30.5 Å². The SMILES string of the molecule is O=C(CN1CCN(c2ncc(C(F)(F)F)cc2Cl)CC1)Nc1ccc(F)cc1F. The number of nitrogens with zero attached hydrogens (tertiary/aromatic N) is 3. The van der Waals surface area contributed by atoms with Gasteiger partial charge in [0.2, 0.25) is 5.91 Å². The Kier molecular flexibility index (Phi) is 6.23. The number of nitrogens with one attached hydrogen (secondary N) is 1. The first-order valence-corrected chi connectivity index (χ1v) is 8.96. The summed E-state index contributed by atoms with van der Waals surface area (Å²) in [5.74, 6) is -1.83. The van der Waals surface area contributed by atoms with Gasteiger partial charge < -0.3 is 10.2 Å². The minimum absolute atomic E-state index is 0.0151. The van der Waals surface area contributed by atoms with Gasteiger partial charge in [0.15, 0.2) is 0 Å². The van der Waals surface area contributed by atoms with Gasteiger partial charge in [0.1, 0.15) is 17.5 Å². The Bertz CT molecular complexity index is 900. The third-order valence-corrected chi connectivity index (χ3v) is 4.67. The van der Waals surface area contributed by atoms with E-state index >= 15 is 0 Å². The number of aromatic nitrogens is 1. The van der Waals surface area contributed by atoms with Gasteiger partial charge in [0, 0.05) is 38.4 Å². The second kappa shape index (κ2) is 8.50. The molecule has 29 heavy (non-hydrogen) atoms. The van der Waals surface area contributed by atoms with Crippen molar-refractivity contribution in [1.82, 2.24) is 9.88 Å². The first-order chi connectivity index (χ1) is 13.6. The van der Waals surface area contributed by atoms with Crippen molar-refractivity contribution in [3.05, 3.63) is 52.7 Å². The van der Waals surface area contributed by atoms with Crippen LogP contribution in [0, 0.1) is 11.6 Å². The fraction of sp³-hybridized carbons (Fsp3) is 0.333. The number of alkyl halides is 3. The molecule has 0 atom stereocenters. The van der Waals surface area contributed by atoms with E-state index in [1.807, 2.05) is 0 Å². The maximum absolute atomic E-state index is 13.6. The largest absolute Gasteiger partial charge is 0.417 e. The van der Waals surface area contributed by atoms with Gasteiger partial charge in [-0.15, -0.1) is 0 Å². The number of carbonyl (C=O) groups is 1. The first-order valence-electron chi connectivity index (χ1n) is 8.58. The van der Waals surface area contributed by atoms with Crippen molar-refractivity contribution in [2.24, 2.45) is 0 Å². The summed E-state index contributed by atoms with van der Waals surface area (Å²) in [7, 11) is 0. The van der Waals surface area contributed by atoms with E-state index in [9.17, 15) is 26.7 Å². The number of piperazine rings is 1. The lowest BCUT2D eigenvalue weighted by Crippen LogP contribution is -2.49. The molecule has 0 radical (unpaired) electrons. The molecule has 1 amide bonds. The normalized spacial score (nSPS) is 15.4. The molecule has 1 aromatic carbocycles. The van der Waals surface area contributed by atoms with Gasteiger partial charge in [-0.25, -0.2) is 13.8 Å². The van der Waals surface area contributed by atoms with Crippen LogP contribution in [0.5, 0.6) is 0 Å². The lowest BCUT2D eigenvalue weighted by Gasteiger charge is -2.35. The number of halogens is 6. The Labute approximate surface area is 168 Å². The molecule has 11 heteroatoms. The average molecular weight is 435 g/mol. The van der Waals surface area contributed by atoms with E-state index in [2.05, 4.69) is 10.3 Å². The fourth-order valence-corrected chi connectivity index (χ4v) is 3.21. The van der Waals surface area contributed by atoms with E-state index in [0.717, 1.165) is 24.4 Å². The lowest BCUT2D eigenvalue weighted by molar-refractivity contribution is -0.137. The average Bonchev–Trinajstić information content (AvgIpc) is 2.64. The molecule has 0 unspecified atom stereocenters. The molecule has 2 aromatic rings. The number of anilines is 2. The van der Waals surface area contributed by atoms with Crippen molar-refractivity contribution in [2.75, 3.05) is 42.9 Å². The molecule has 156 valence electrons. The molecule has 1 aliphatic rings. The maximum Gasteiger partial charge on any atom is 0.417 e. The fourth-order valence-electron chi connectivity index (χ4n) is 2.92. The summed E-state index contributed by atoms with van der Waals surface area (Å²) in [6, 6.07) is 3.69. The Hall–Kier alpha value is -2.46. The van der Waals surface area contributed by atoms with E-state index in [1.54, 1.807) is 9.80 Å². The number of hydrogen-bond acceptors (Lipinski definition) is 4. The molecule has 1 N–H and O–H groups in total. The quantitative estimate of drug-likeness (QED) is 0.744. The van der Waals surface area contributed by atoms with E-state index in [0.29, 0.717) is 32.2 Å². The second-order valence-corrected chi connectivity index (χ2v) is 6.87. The summed E-state index contributed by atoms with van der Waals surface area (Å²) in [6.07, 6.45) is -3.79. The maximum atomic E-state index is 13.6. The van der Waals surface area contributed by atoms with Crippen LogP contribution in [0.25, 0.3) is 0 Å². The molecule has 1 fully saturated rings. The van der Waals surface area contributed by atoms with Crippen molar-refractivity contribution in [3.63, 3.8) is 0 Å². The highest BCUT2D eigenvalue weighted by atomic mass is 35.5. The van der Waals surface area contributed by atoms with Crippen LogP contribution in [0.1, 0.15) is 5.56 Å². The number of benzene rings is 1. The van der Waals surface area contributed by atoms with Crippen LogP contribution in [-0.4, -0.2) is 48.5 Å². The zero-order chi connectivity index (χ0) is 21.2. The van der Waals surface area contributed by atoms with Crippen molar-refractivity contribution in [2.45, 2.75) is 6.18 Å². The minimum atomic E-state index is -4.52. The van der Waals surface area contributed by atoms with Crippen LogP contribution >= 0.6 is 11.6 Å². The Morgan fingerprint density at radius 3 is 2.41 bits per heavy atom. The van der Waals surface area contributed by atoms with Crippen molar-refractivity contribution < 1.29 is 26.7 Å². The van der Waals surface area contributed by atoms with Crippen LogP contribution < -0.4 is 10.2 Å². The summed E-state index contributed by atoms with van der Waals surface area (Å²) in [4.78, 5) is 19.4. The summed E-state index contributed by atoms with van der Waals surface area (Å²) >= 11 is 5.96. The van der Waals surface area contributed by atoms with Gasteiger partial charge in [-0.2, -0.15) is 13.2 Å². The Morgan fingerprint density at radius 2 is 1.83 bits per heavy atom. The molecule has 3 rings (SSSR count). The second-order valence-electron chi connectivity index (χ2n) is 6.46. The number of carbonyl (C=O) groups excluding carboxylic acids is 1. The zero-order valence-corrected chi connectivity index (χ0v) is 15.7. The predicted molar refractivity (Wildman–Crippen MR) is 97.9 cm³/mol. The highest BCUT2D eigenvalue weighted by Crippen LogP contribution is 2.33. The highest BCUT2D eigenvalue weighted by Gasteiger charge is 2.32. The van der Waals surface area contributed by atoms with Crippen LogP contribution in [0.4, 0.5) is 33.5 Å². The monoisotopic (exact) mass is 434 g/mol. The van der Waals surface area contributed by atoms with E-state index in [-0.39, 0.29) is 23.1 Å². The highest BCUT2D eigenvalue weighted by molar-refractivity contribution is 6.33. The molecule has 0 bridgehead atoms. The molecule has 2 heterocycles. The smallest absolute Gasteiger partial charge is 0.353 e. The van der Waals surface area contributed by atoms with Gasteiger partial charge in [-0.1, -0.05) is 11.6 Å². The van der Waals surface area contributed by atoms with Crippen LogP contribution in [0.2, 0.25) is 5.02 Å². The predicted octanol–water partition coefficient (Wildman–Crippen LogP) is 3.79. The van der Waals surface area contributed by atoms with Gasteiger partial charge in [-0.05, 0) is 18.2 Å². The molecule has 5 nitrogen and oxygen atoms in total. The topological polar surface area (TPSA) is 48.5 Å². The lowest BCUT2D eigenvalue weighted by atomic mass is 10.2. The van der Waals surface area contributed by atoms with E-state index in [4.69, 9.17) is 11.6 Å². The standard InChI is InChI=1S/C18H16ClF5N4O/c19-13-7-11(18(22,23)24)9-25-17(13)28-5-3-27(4-6-28)10-16(29)26-15-2-1-12(20)8-14(15)21/h1-2,7-9H,3-6,10H2,(H,26,29). The van der Waals surface area contributed by atoms with Crippen molar-refractivity contribution in [3.8, 4) is 0 Å². The van der Waals surface area contributed by atoms with Gasteiger partial charge >= 0.3 is 6.18 Å². The van der Waals surface area contributed by atoms with Gasteiger partial charge in [0.25, 0.3) is 0 Å². The summed E-state index contributed by atoms with van der Waals surface area (Å²) < 4.78 is 64.7. The Morgan fingerprint density at radius 1 is 1.14 bits per heavy atom. The summed E-state index contributed by atoms with van der Waals surface area (Å²) in [5, 5.41) is 2.28. The molecular formula is C18H16ClF5N4O. The third-order valence-electron chi connectivity index (χ3n) is 4.39. The third kappa shape index (κ3) is 5.33. The van der Waals surface area contributed by atoms with Crippen LogP contribution in [-0.2, 0) is 11.0 Å². The van der Waals surface area contributed by atoms with Crippen molar-refractivity contribution in [1.29, 1.82) is 0 Å². The van der Waals surface area contributed by atoms with Crippen LogP contribution in [0.3, 0.4) is 0 Å².